The third kappa shape index (κ3) is 5.82. The third-order valence-corrected chi connectivity index (χ3v) is 4.97. The van der Waals surface area contributed by atoms with Gasteiger partial charge in [0, 0.05) is 28.7 Å². The molecule has 24 heavy (non-hydrogen) atoms. The summed E-state index contributed by atoms with van der Waals surface area (Å²) in [7, 11) is 0. The topological polar surface area (TPSA) is 35.6 Å². The van der Waals surface area contributed by atoms with Crippen molar-refractivity contribution in [2.24, 2.45) is 0 Å². The summed E-state index contributed by atoms with van der Waals surface area (Å²) < 4.78 is 0. The van der Waals surface area contributed by atoms with Crippen molar-refractivity contribution in [3.8, 4) is 0 Å². The molecule has 2 rings (SSSR count). The monoisotopic (exact) mass is 365 g/mol. The molecule has 1 heterocycles. The van der Waals surface area contributed by atoms with Crippen LogP contribution in [0.4, 0.5) is 10.5 Å². The first-order valence-electron chi connectivity index (χ1n) is 8.18. The quantitative estimate of drug-likeness (QED) is 0.730. The van der Waals surface area contributed by atoms with E-state index in [0.717, 1.165) is 19.6 Å². The van der Waals surface area contributed by atoms with Gasteiger partial charge in [0.1, 0.15) is 0 Å². The van der Waals surface area contributed by atoms with Crippen molar-refractivity contribution >= 4 is 34.7 Å². The van der Waals surface area contributed by atoms with E-state index in [-0.39, 0.29) is 6.03 Å². The van der Waals surface area contributed by atoms with Crippen LogP contribution in [0.5, 0.6) is 0 Å². The molecule has 2 amide bonds. The Morgan fingerprint density at radius 3 is 2.58 bits per heavy atom. The molecule has 0 spiro atoms. The summed E-state index contributed by atoms with van der Waals surface area (Å²) in [6.07, 6.45) is 0. The maximum absolute atomic E-state index is 12.7. The predicted octanol–water partition coefficient (Wildman–Crippen LogP) is 4.78. The summed E-state index contributed by atoms with van der Waals surface area (Å²) in [6.45, 7) is 8.41. The number of carbonyl (C=O) groups excluding carboxylic acids is 1. The van der Waals surface area contributed by atoms with Gasteiger partial charge in [-0.3, -0.25) is 0 Å². The van der Waals surface area contributed by atoms with Crippen molar-refractivity contribution in [1.82, 2.24) is 9.80 Å². The fraction of sp³-hybridized carbons (Fsp3) is 0.389. The van der Waals surface area contributed by atoms with E-state index < -0.39 is 0 Å². The SMILES string of the molecule is CCN(CC)CCN(Cc1cccs1)C(=O)Nc1cccc(Cl)c1. The third-order valence-electron chi connectivity index (χ3n) is 3.87. The number of amides is 2. The lowest BCUT2D eigenvalue weighted by atomic mass is 10.3. The second-order valence-corrected chi connectivity index (χ2v) is 6.94. The number of halogens is 1. The van der Waals surface area contributed by atoms with Gasteiger partial charge in [0.15, 0.2) is 0 Å². The molecule has 1 aromatic heterocycles. The number of rotatable bonds is 8. The minimum atomic E-state index is -0.0992. The van der Waals surface area contributed by atoms with E-state index in [1.54, 1.807) is 23.5 Å². The minimum Gasteiger partial charge on any atom is -0.318 e. The zero-order valence-corrected chi connectivity index (χ0v) is 15.7. The first-order chi connectivity index (χ1) is 11.6. The van der Waals surface area contributed by atoms with Crippen LogP contribution in [0.15, 0.2) is 41.8 Å². The molecule has 6 heteroatoms. The lowest BCUT2D eigenvalue weighted by molar-refractivity contribution is 0.195. The smallest absolute Gasteiger partial charge is 0.318 e. The first kappa shape index (κ1) is 18.8. The van der Waals surface area contributed by atoms with Gasteiger partial charge in [-0.05, 0) is 42.7 Å². The number of thiophene rings is 1. The van der Waals surface area contributed by atoms with Crippen LogP contribution < -0.4 is 5.32 Å². The molecule has 0 bridgehead atoms. The lowest BCUT2D eigenvalue weighted by Gasteiger charge is -2.26. The Balaban J connectivity index is 2.03. The molecule has 0 aliphatic rings. The number of anilines is 1. The van der Waals surface area contributed by atoms with E-state index in [4.69, 9.17) is 11.6 Å². The van der Waals surface area contributed by atoms with Crippen molar-refractivity contribution in [3.05, 3.63) is 51.7 Å². The number of carbonyl (C=O) groups is 1. The van der Waals surface area contributed by atoms with E-state index in [1.165, 1.54) is 4.88 Å². The molecule has 0 aliphatic carbocycles. The summed E-state index contributed by atoms with van der Waals surface area (Å²) >= 11 is 7.66. The number of nitrogens with one attached hydrogen (secondary N) is 1. The second-order valence-electron chi connectivity index (χ2n) is 5.47. The van der Waals surface area contributed by atoms with E-state index in [9.17, 15) is 4.79 Å². The summed E-state index contributed by atoms with van der Waals surface area (Å²) in [5, 5.41) is 5.59. The van der Waals surface area contributed by atoms with Crippen LogP contribution in [0, 0.1) is 0 Å². The van der Waals surface area contributed by atoms with Crippen LogP contribution in [0.2, 0.25) is 5.02 Å². The Hall–Kier alpha value is -1.56. The molecule has 0 fully saturated rings. The molecule has 130 valence electrons. The zero-order valence-electron chi connectivity index (χ0n) is 14.2. The zero-order chi connectivity index (χ0) is 17.4. The Bertz CT molecular complexity index is 629. The lowest BCUT2D eigenvalue weighted by Crippen LogP contribution is -2.40. The molecule has 2 aromatic rings. The van der Waals surface area contributed by atoms with Gasteiger partial charge in [-0.25, -0.2) is 4.79 Å². The van der Waals surface area contributed by atoms with Crippen LogP contribution in [0.3, 0.4) is 0 Å². The summed E-state index contributed by atoms with van der Waals surface area (Å²) in [5.74, 6) is 0. The highest BCUT2D eigenvalue weighted by Gasteiger charge is 2.16. The second kappa shape index (κ2) is 9.67. The number of hydrogen-bond acceptors (Lipinski definition) is 3. The fourth-order valence-corrected chi connectivity index (χ4v) is 3.32. The summed E-state index contributed by atoms with van der Waals surface area (Å²) in [4.78, 5) is 18.0. The largest absolute Gasteiger partial charge is 0.322 e. The molecule has 0 aliphatic heterocycles. The van der Waals surface area contributed by atoms with Crippen LogP contribution in [0.1, 0.15) is 18.7 Å². The van der Waals surface area contributed by atoms with Crippen molar-refractivity contribution in [2.75, 3.05) is 31.5 Å². The van der Waals surface area contributed by atoms with E-state index in [2.05, 4.69) is 30.1 Å². The number of likely N-dealkylation sites (N-methyl/N-ethyl adjacent to an activating group) is 1. The molecule has 0 saturated carbocycles. The Kier molecular flexibility index (Phi) is 7.56. The molecule has 0 radical (unpaired) electrons. The number of hydrogen-bond donors (Lipinski definition) is 1. The fourth-order valence-electron chi connectivity index (χ4n) is 2.41. The average molecular weight is 366 g/mol. The predicted molar refractivity (Wildman–Crippen MR) is 103 cm³/mol. The Morgan fingerprint density at radius 2 is 1.96 bits per heavy atom. The van der Waals surface area contributed by atoms with Gasteiger partial charge in [0.25, 0.3) is 0 Å². The van der Waals surface area contributed by atoms with Gasteiger partial charge in [-0.2, -0.15) is 0 Å². The molecule has 1 aromatic carbocycles. The molecular weight excluding hydrogens is 342 g/mol. The van der Waals surface area contributed by atoms with Crippen LogP contribution in [0.25, 0.3) is 0 Å². The van der Waals surface area contributed by atoms with Gasteiger partial charge in [-0.15, -0.1) is 11.3 Å². The maximum atomic E-state index is 12.7. The molecule has 0 unspecified atom stereocenters. The number of benzene rings is 1. The van der Waals surface area contributed by atoms with Crippen molar-refractivity contribution < 1.29 is 4.79 Å². The number of nitrogens with zero attached hydrogens (tertiary/aromatic N) is 2. The van der Waals surface area contributed by atoms with Gasteiger partial charge in [0.2, 0.25) is 0 Å². The Morgan fingerprint density at radius 1 is 1.17 bits per heavy atom. The Labute approximate surface area is 153 Å². The van der Waals surface area contributed by atoms with Crippen molar-refractivity contribution in [3.63, 3.8) is 0 Å². The van der Waals surface area contributed by atoms with E-state index in [0.29, 0.717) is 23.8 Å². The van der Waals surface area contributed by atoms with Crippen LogP contribution in [-0.4, -0.2) is 42.0 Å². The van der Waals surface area contributed by atoms with Crippen LogP contribution >= 0.6 is 22.9 Å². The molecule has 4 nitrogen and oxygen atoms in total. The van der Waals surface area contributed by atoms with Crippen molar-refractivity contribution in [1.29, 1.82) is 0 Å². The number of urea groups is 1. The highest BCUT2D eigenvalue weighted by Crippen LogP contribution is 2.17. The summed E-state index contributed by atoms with van der Waals surface area (Å²) in [6, 6.07) is 11.2. The maximum Gasteiger partial charge on any atom is 0.322 e. The highest BCUT2D eigenvalue weighted by molar-refractivity contribution is 7.09. The van der Waals surface area contributed by atoms with Crippen molar-refractivity contribution in [2.45, 2.75) is 20.4 Å². The minimum absolute atomic E-state index is 0.0992. The normalized spacial score (nSPS) is 10.8. The molecule has 0 saturated heterocycles. The van der Waals surface area contributed by atoms with Gasteiger partial charge in [-0.1, -0.05) is 37.6 Å². The van der Waals surface area contributed by atoms with Gasteiger partial charge >= 0.3 is 6.03 Å². The molecular formula is C18H24ClN3OS. The average Bonchev–Trinajstić information content (AvgIpc) is 3.07. The molecule has 0 atom stereocenters. The van der Waals surface area contributed by atoms with Crippen LogP contribution in [-0.2, 0) is 6.54 Å². The van der Waals surface area contributed by atoms with E-state index >= 15 is 0 Å². The van der Waals surface area contributed by atoms with Gasteiger partial charge in [0.05, 0.1) is 6.54 Å². The first-order valence-corrected chi connectivity index (χ1v) is 9.44. The summed E-state index contributed by atoms with van der Waals surface area (Å²) in [5.41, 5.74) is 0.714. The van der Waals surface area contributed by atoms with E-state index in [1.807, 2.05) is 28.5 Å². The molecule has 1 N–H and O–H groups in total. The highest BCUT2D eigenvalue weighted by atomic mass is 35.5. The standard InChI is InChI=1S/C18H24ClN3OS/c1-3-21(4-2)10-11-22(14-17-9-6-12-24-17)18(23)20-16-8-5-7-15(19)13-16/h5-9,12-13H,3-4,10-11,14H2,1-2H3,(H,20,23). The van der Waals surface area contributed by atoms with Gasteiger partial charge < -0.3 is 15.1 Å².